The van der Waals surface area contributed by atoms with Crippen molar-refractivity contribution in [3.8, 4) is 0 Å². The van der Waals surface area contributed by atoms with Gasteiger partial charge in [0, 0.05) is 38.3 Å². The first kappa shape index (κ1) is 19.1. The molecule has 0 spiro atoms. The highest BCUT2D eigenvalue weighted by molar-refractivity contribution is 5.48. The minimum absolute atomic E-state index is 0.362. The van der Waals surface area contributed by atoms with E-state index >= 15 is 0 Å². The van der Waals surface area contributed by atoms with Gasteiger partial charge in [-0.2, -0.15) is 17.7 Å². The van der Waals surface area contributed by atoms with Crippen molar-refractivity contribution >= 4 is 17.3 Å². The lowest BCUT2D eigenvalue weighted by molar-refractivity contribution is -0.137. The zero-order chi connectivity index (χ0) is 20.7. The molecular formula is C20H22F3N7. The molecule has 1 saturated carbocycles. The van der Waals surface area contributed by atoms with Crippen LogP contribution >= 0.6 is 0 Å². The molecule has 0 radical (unpaired) electrons. The number of hydrogen-bond donors (Lipinski definition) is 0. The summed E-state index contributed by atoms with van der Waals surface area (Å²) in [5.41, 5.74) is 0.0714. The predicted octanol–water partition coefficient (Wildman–Crippen LogP) is 3.52. The first-order valence-electron chi connectivity index (χ1n) is 10.2. The Balaban J connectivity index is 1.35. The molecule has 0 amide bonds. The second-order valence-electron chi connectivity index (χ2n) is 7.88. The molecule has 5 rings (SSSR count). The number of nitrogens with zero attached hydrogens (tertiary/aromatic N) is 7. The Bertz CT molecular complexity index is 1040. The molecule has 0 bridgehead atoms. The van der Waals surface area contributed by atoms with Crippen molar-refractivity contribution < 1.29 is 13.2 Å². The molecule has 0 N–H and O–H groups in total. The van der Waals surface area contributed by atoms with Crippen molar-refractivity contribution in [3.63, 3.8) is 0 Å². The highest BCUT2D eigenvalue weighted by atomic mass is 19.4. The standard InChI is InChI=1S/C20H22F3N7/c21-20(22,23)15-7-8-24-18(13-15)29-10-2-9-28(11-12-29)17-6-5-16-25-26-19(30(16)27-17)14-3-1-4-14/h5-8,13-14H,1-4,9-12H2. The Hall–Kier alpha value is -2.91. The van der Waals surface area contributed by atoms with Gasteiger partial charge in [-0.3, -0.25) is 0 Å². The summed E-state index contributed by atoms with van der Waals surface area (Å²) in [7, 11) is 0. The van der Waals surface area contributed by atoms with Crippen LogP contribution in [0.3, 0.4) is 0 Å². The Morgan fingerprint density at radius 2 is 1.63 bits per heavy atom. The third kappa shape index (κ3) is 3.54. The summed E-state index contributed by atoms with van der Waals surface area (Å²) >= 11 is 0. The monoisotopic (exact) mass is 417 g/mol. The van der Waals surface area contributed by atoms with Gasteiger partial charge in [0.25, 0.3) is 0 Å². The maximum absolute atomic E-state index is 13.0. The van der Waals surface area contributed by atoms with Gasteiger partial charge in [0.15, 0.2) is 11.5 Å². The molecule has 1 saturated heterocycles. The van der Waals surface area contributed by atoms with Gasteiger partial charge in [-0.05, 0) is 43.5 Å². The molecule has 3 aromatic heterocycles. The van der Waals surface area contributed by atoms with Crippen LogP contribution in [0, 0.1) is 0 Å². The van der Waals surface area contributed by atoms with E-state index in [-0.39, 0.29) is 0 Å². The highest BCUT2D eigenvalue weighted by Gasteiger charge is 2.31. The van der Waals surface area contributed by atoms with Crippen molar-refractivity contribution in [3.05, 3.63) is 41.9 Å². The third-order valence-electron chi connectivity index (χ3n) is 5.96. The molecular weight excluding hydrogens is 395 g/mol. The van der Waals surface area contributed by atoms with Crippen LogP contribution in [0.4, 0.5) is 24.8 Å². The first-order valence-corrected chi connectivity index (χ1v) is 10.2. The van der Waals surface area contributed by atoms with Crippen LogP contribution in [0.15, 0.2) is 30.5 Å². The predicted molar refractivity (Wildman–Crippen MR) is 106 cm³/mol. The van der Waals surface area contributed by atoms with Crippen molar-refractivity contribution in [2.45, 2.75) is 37.8 Å². The number of hydrogen-bond acceptors (Lipinski definition) is 6. The third-order valence-corrected chi connectivity index (χ3v) is 5.96. The second kappa shape index (κ2) is 7.41. The van der Waals surface area contributed by atoms with Crippen LogP contribution in [0.1, 0.15) is 43.0 Å². The van der Waals surface area contributed by atoms with E-state index in [0.29, 0.717) is 31.4 Å². The lowest BCUT2D eigenvalue weighted by Gasteiger charge is -2.25. The molecule has 0 aromatic carbocycles. The van der Waals surface area contributed by atoms with Gasteiger partial charge in [-0.15, -0.1) is 15.3 Å². The van der Waals surface area contributed by atoms with Crippen molar-refractivity contribution in [2.75, 3.05) is 36.0 Å². The van der Waals surface area contributed by atoms with Gasteiger partial charge in [-0.1, -0.05) is 6.42 Å². The van der Waals surface area contributed by atoms with E-state index in [4.69, 9.17) is 5.10 Å². The minimum atomic E-state index is -4.37. The van der Waals surface area contributed by atoms with Crippen LogP contribution in [0.25, 0.3) is 5.65 Å². The van der Waals surface area contributed by atoms with E-state index in [2.05, 4.69) is 20.1 Å². The zero-order valence-corrected chi connectivity index (χ0v) is 16.4. The smallest absolute Gasteiger partial charge is 0.355 e. The molecule has 7 nitrogen and oxygen atoms in total. The van der Waals surface area contributed by atoms with E-state index in [1.165, 1.54) is 12.6 Å². The molecule has 2 fully saturated rings. The molecule has 158 valence electrons. The lowest BCUT2D eigenvalue weighted by atomic mass is 9.85. The van der Waals surface area contributed by atoms with Gasteiger partial charge in [0.2, 0.25) is 0 Å². The number of anilines is 2. The summed E-state index contributed by atoms with van der Waals surface area (Å²) in [5, 5.41) is 13.3. The SMILES string of the molecule is FC(F)(F)c1ccnc(N2CCCN(c3ccc4nnc(C5CCC5)n4n3)CC2)c1. The van der Waals surface area contributed by atoms with Crippen LogP contribution in [-0.4, -0.2) is 51.0 Å². The average molecular weight is 417 g/mol. The molecule has 2 aliphatic rings. The van der Waals surface area contributed by atoms with Crippen LogP contribution in [-0.2, 0) is 6.18 Å². The van der Waals surface area contributed by atoms with Gasteiger partial charge in [0.05, 0.1) is 5.56 Å². The molecule has 0 atom stereocenters. The maximum Gasteiger partial charge on any atom is 0.416 e. The molecule has 4 heterocycles. The fraction of sp³-hybridized carbons (Fsp3) is 0.500. The normalized spacial score (nSPS) is 18.5. The Labute approximate surface area is 171 Å². The Morgan fingerprint density at radius 1 is 0.867 bits per heavy atom. The van der Waals surface area contributed by atoms with Gasteiger partial charge >= 0.3 is 6.18 Å². The fourth-order valence-corrected chi connectivity index (χ4v) is 4.03. The van der Waals surface area contributed by atoms with Crippen LogP contribution in [0.2, 0.25) is 0 Å². The number of rotatable bonds is 3. The van der Waals surface area contributed by atoms with Gasteiger partial charge in [0.1, 0.15) is 11.6 Å². The fourth-order valence-electron chi connectivity index (χ4n) is 4.03. The Kier molecular flexibility index (Phi) is 4.71. The molecule has 3 aromatic rings. The summed E-state index contributed by atoms with van der Waals surface area (Å²) in [6.07, 6.45) is 1.11. The lowest BCUT2D eigenvalue weighted by Crippen LogP contribution is -2.32. The maximum atomic E-state index is 13.0. The zero-order valence-electron chi connectivity index (χ0n) is 16.4. The van der Waals surface area contributed by atoms with E-state index in [9.17, 15) is 13.2 Å². The molecule has 10 heteroatoms. The molecule has 0 unspecified atom stereocenters. The quantitative estimate of drug-likeness (QED) is 0.650. The van der Waals surface area contributed by atoms with E-state index < -0.39 is 11.7 Å². The summed E-state index contributed by atoms with van der Waals surface area (Å²) in [4.78, 5) is 8.24. The second-order valence-corrected chi connectivity index (χ2v) is 7.88. The number of pyridine rings is 1. The van der Waals surface area contributed by atoms with Crippen LogP contribution < -0.4 is 9.80 Å². The largest absolute Gasteiger partial charge is 0.416 e. The van der Waals surface area contributed by atoms with E-state index in [0.717, 1.165) is 55.2 Å². The van der Waals surface area contributed by atoms with Crippen molar-refractivity contribution in [1.29, 1.82) is 0 Å². The number of aromatic nitrogens is 5. The molecule has 1 aliphatic heterocycles. The first-order chi connectivity index (χ1) is 14.5. The van der Waals surface area contributed by atoms with E-state index in [1.807, 2.05) is 21.5 Å². The van der Waals surface area contributed by atoms with Crippen molar-refractivity contribution in [1.82, 2.24) is 24.8 Å². The highest BCUT2D eigenvalue weighted by Crippen LogP contribution is 2.35. The topological polar surface area (TPSA) is 62.5 Å². The number of fused-ring (bicyclic) bond motifs is 1. The minimum Gasteiger partial charge on any atom is -0.355 e. The number of alkyl halides is 3. The van der Waals surface area contributed by atoms with E-state index in [1.54, 1.807) is 0 Å². The van der Waals surface area contributed by atoms with Crippen LogP contribution in [0.5, 0.6) is 0 Å². The average Bonchev–Trinajstić information content (AvgIpc) is 2.94. The van der Waals surface area contributed by atoms with Crippen molar-refractivity contribution in [2.24, 2.45) is 0 Å². The summed E-state index contributed by atoms with van der Waals surface area (Å²) in [5.74, 6) is 2.54. The van der Waals surface area contributed by atoms with Gasteiger partial charge in [-0.25, -0.2) is 4.98 Å². The summed E-state index contributed by atoms with van der Waals surface area (Å²) < 4.78 is 41.0. The summed E-state index contributed by atoms with van der Waals surface area (Å²) in [6.45, 7) is 2.64. The van der Waals surface area contributed by atoms with Gasteiger partial charge < -0.3 is 9.80 Å². The number of halogens is 3. The molecule has 1 aliphatic carbocycles. The summed E-state index contributed by atoms with van der Waals surface area (Å²) in [6, 6.07) is 5.99. The Morgan fingerprint density at radius 3 is 2.33 bits per heavy atom. The molecule has 30 heavy (non-hydrogen) atoms.